The molecule has 2 aromatic heterocycles. The summed E-state index contributed by atoms with van der Waals surface area (Å²) in [6.07, 6.45) is 0. The first-order valence-corrected chi connectivity index (χ1v) is 5.45. The monoisotopic (exact) mass is 218 g/mol. The molecule has 0 atom stereocenters. The second-order valence-electron chi connectivity index (χ2n) is 3.25. The number of carbonyl (C=O) groups is 1. The van der Waals surface area contributed by atoms with Crippen LogP contribution >= 0.6 is 11.3 Å². The third-order valence-electron chi connectivity index (χ3n) is 1.94. The molecule has 3 nitrogen and oxygen atoms in total. The van der Waals surface area contributed by atoms with E-state index in [2.05, 4.69) is 9.97 Å². The number of aromatic nitrogens is 2. The normalized spacial score (nSPS) is 10.3. The maximum absolute atomic E-state index is 11.2. The lowest BCUT2D eigenvalue weighted by molar-refractivity contribution is 0.100. The van der Waals surface area contributed by atoms with Crippen molar-refractivity contribution >= 4 is 17.1 Å². The molecule has 0 radical (unpaired) electrons. The molecule has 0 amide bonds. The van der Waals surface area contributed by atoms with Gasteiger partial charge in [-0.15, -0.1) is 11.3 Å². The van der Waals surface area contributed by atoms with E-state index < -0.39 is 0 Å². The molecule has 0 unspecified atom stereocenters. The summed E-state index contributed by atoms with van der Waals surface area (Å²) in [5, 5.41) is 1.99. The molecule has 2 aromatic rings. The van der Waals surface area contributed by atoms with Crippen molar-refractivity contribution in [1.82, 2.24) is 9.97 Å². The summed E-state index contributed by atoms with van der Waals surface area (Å²) in [7, 11) is 0. The Morgan fingerprint density at radius 2 is 2.20 bits per heavy atom. The predicted molar refractivity (Wildman–Crippen MR) is 60.1 cm³/mol. The van der Waals surface area contributed by atoms with Crippen molar-refractivity contribution in [3.05, 3.63) is 35.1 Å². The maximum atomic E-state index is 11.2. The van der Waals surface area contributed by atoms with Crippen LogP contribution in [0, 0.1) is 6.92 Å². The van der Waals surface area contributed by atoms with Gasteiger partial charge in [0.1, 0.15) is 0 Å². The number of Topliss-reactive ketones (excluding diaryl/α,β-unsaturated/α-hetero) is 1. The zero-order chi connectivity index (χ0) is 10.8. The lowest BCUT2D eigenvalue weighted by atomic mass is 10.2. The Kier molecular flexibility index (Phi) is 2.60. The third kappa shape index (κ3) is 2.10. The molecule has 0 N–H and O–H groups in total. The van der Waals surface area contributed by atoms with Gasteiger partial charge in [-0.1, -0.05) is 6.07 Å². The molecule has 2 heterocycles. The van der Waals surface area contributed by atoms with Crippen molar-refractivity contribution in [2.45, 2.75) is 13.8 Å². The average Bonchev–Trinajstić information content (AvgIpc) is 2.69. The van der Waals surface area contributed by atoms with Crippen molar-refractivity contribution in [3.63, 3.8) is 0 Å². The number of ketones is 1. The van der Waals surface area contributed by atoms with E-state index in [0.717, 1.165) is 16.3 Å². The van der Waals surface area contributed by atoms with Gasteiger partial charge in [0.25, 0.3) is 0 Å². The van der Waals surface area contributed by atoms with Crippen molar-refractivity contribution in [2.24, 2.45) is 0 Å². The minimum absolute atomic E-state index is 0.100. The van der Waals surface area contributed by atoms with Crippen LogP contribution in [0.15, 0.2) is 23.6 Å². The van der Waals surface area contributed by atoms with Crippen LogP contribution in [-0.4, -0.2) is 15.8 Å². The van der Waals surface area contributed by atoms with Crippen LogP contribution < -0.4 is 0 Å². The van der Waals surface area contributed by atoms with E-state index in [1.165, 1.54) is 6.92 Å². The van der Waals surface area contributed by atoms with Crippen LogP contribution in [0.4, 0.5) is 0 Å². The van der Waals surface area contributed by atoms with E-state index in [4.69, 9.17) is 0 Å². The van der Waals surface area contributed by atoms with Crippen molar-refractivity contribution < 1.29 is 4.79 Å². The Morgan fingerprint density at radius 3 is 2.80 bits per heavy atom. The molecule has 0 aliphatic rings. The van der Waals surface area contributed by atoms with E-state index in [0.29, 0.717) is 5.82 Å². The smallest absolute Gasteiger partial charge is 0.196 e. The Labute approximate surface area is 91.8 Å². The van der Waals surface area contributed by atoms with Crippen LogP contribution in [0.1, 0.15) is 23.2 Å². The van der Waals surface area contributed by atoms with Gasteiger partial charge in [-0.2, -0.15) is 0 Å². The van der Waals surface area contributed by atoms with E-state index in [9.17, 15) is 4.79 Å². The lowest BCUT2D eigenvalue weighted by Crippen LogP contribution is -2.03. The highest BCUT2D eigenvalue weighted by Gasteiger charge is 2.08. The second kappa shape index (κ2) is 3.90. The molecule has 0 aromatic carbocycles. The van der Waals surface area contributed by atoms with E-state index in [-0.39, 0.29) is 5.78 Å². The van der Waals surface area contributed by atoms with E-state index >= 15 is 0 Å². The molecule has 0 saturated carbocycles. The first kappa shape index (κ1) is 9.98. The van der Waals surface area contributed by atoms with Gasteiger partial charge in [0.2, 0.25) is 0 Å². The fourth-order valence-corrected chi connectivity index (χ4v) is 1.96. The third-order valence-corrected chi connectivity index (χ3v) is 2.84. The lowest BCUT2D eigenvalue weighted by Gasteiger charge is -2.01. The van der Waals surface area contributed by atoms with Crippen LogP contribution in [-0.2, 0) is 0 Å². The Bertz CT molecular complexity index is 491. The fourth-order valence-electron chi connectivity index (χ4n) is 1.28. The summed E-state index contributed by atoms with van der Waals surface area (Å²) in [5.41, 5.74) is 1.64. The number of thiophene rings is 1. The number of hydrogen-bond acceptors (Lipinski definition) is 4. The summed E-state index contributed by atoms with van der Waals surface area (Å²) in [4.78, 5) is 20.6. The number of nitrogens with zero attached hydrogens (tertiary/aromatic N) is 2. The zero-order valence-electron chi connectivity index (χ0n) is 8.52. The minimum Gasteiger partial charge on any atom is -0.291 e. The van der Waals surface area contributed by atoms with Crippen LogP contribution in [0.2, 0.25) is 0 Å². The first-order chi connectivity index (χ1) is 7.16. The minimum atomic E-state index is -0.100. The molecule has 0 aliphatic heterocycles. The van der Waals surface area contributed by atoms with Gasteiger partial charge < -0.3 is 0 Å². The topological polar surface area (TPSA) is 42.9 Å². The maximum Gasteiger partial charge on any atom is 0.196 e. The molecule has 0 fully saturated rings. The number of hydrogen-bond donors (Lipinski definition) is 0. The Balaban J connectivity index is 2.54. The highest BCUT2D eigenvalue weighted by Crippen LogP contribution is 2.23. The molecular formula is C11H10N2OS. The highest BCUT2D eigenvalue weighted by molar-refractivity contribution is 7.13. The second-order valence-corrected chi connectivity index (χ2v) is 4.20. The SMILES string of the molecule is CC(=O)c1nc(C)cc(-c2cccs2)n1. The molecule has 2 rings (SSSR count). The highest BCUT2D eigenvalue weighted by atomic mass is 32.1. The predicted octanol–water partition coefficient (Wildman–Crippen LogP) is 2.72. The Morgan fingerprint density at radius 1 is 1.40 bits per heavy atom. The summed E-state index contributed by atoms with van der Waals surface area (Å²) >= 11 is 1.60. The molecular weight excluding hydrogens is 208 g/mol. The summed E-state index contributed by atoms with van der Waals surface area (Å²) in [5.74, 6) is 0.190. The first-order valence-electron chi connectivity index (χ1n) is 4.57. The van der Waals surface area contributed by atoms with Gasteiger partial charge >= 0.3 is 0 Å². The van der Waals surface area contributed by atoms with E-state index in [1.807, 2.05) is 30.5 Å². The molecule has 15 heavy (non-hydrogen) atoms. The van der Waals surface area contributed by atoms with Crippen LogP contribution in [0.5, 0.6) is 0 Å². The average molecular weight is 218 g/mol. The molecule has 0 saturated heterocycles. The van der Waals surface area contributed by atoms with Crippen molar-refractivity contribution in [1.29, 1.82) is 0 Å². The van der Waals surface area contributed by atoms with E-state index in [1.54, 1.807) is 11.3 Å². The molecule has 76 valence electrons. The van der Waals surface area contributed by atoms with Crippen LogP contribution in [0.25, 0.3) is 10.6 Å². The standard InChI is InChI=1S/C11H10N2OS/c1-7-6-9(10-4-3-5-15-10)13-11(12-7)8(2)14/h3-6H,1-2H3. The number of rotatable bonds is 2. The molecule has 4 heteroatoms. The summed E-state index contributed by atoms with van der Waals surface area (Å²) in [6, 6.07) is 5.83. The molecule has 0 spiro atoms. The van der Waals surface area contributed by atoms with Gasteiger partial charge in [-0.05, 0) is 24.4 Å². The molecule has 0 aliphatic carbocycles. The van der Waals surface area contributed by atoms with Crippen molar-refractivity contribution in [2.75, 3.05) is 0 Å². The largest absolute Gasteiger partial charge is 0.291 e. The van der Waals surface area contributed by atoms with Gasteiger partial charge in [0.05, 0.1) is 10.6 Å². The summed E-state index contributed by atoms with van der Waals surface area (Å²) < 4.78 is 0. The fraction of sp³-hybridized carbons (Fsp3) is 0.182. The number of aryl methyl sites for hydroxylation is 1. The summed E-state index contributed by atoms with van der Waals surface area (Å²) in [6.45, 7) is 3.35. The van der Waals surface area contributed by atoms with Crippen LogP contribution in [0.3, 0.4) is 0 Å². The van der Waals surface area contributed by atoms with Gasteiger partial charge in [-0.3, -0.25) is 4.79 Å². The quantitative estimate of drug-likeness (QED) is 0.728. The van der Waals surface area contributed by atoms with Gasteiger partial charge in [0.15, 0.2) is 11.6 Å². The van der Waals surface area contributed by atoms with Gasteiger partial charge in [-0.25, -0.2) is 9.97 Å². The Hall–Kier alpha value is -1.55. The van der Waals surface area contributed by atoms with Gasteiger partial charge in [0, 0.05) is 12.6 Å². The van der Waals surface area contributed by atoms with Crippen molar-refractivity contribution in [3.8, 4) is 10.6 Å². The zero-order valence-corrected chi connectivity index (χ0v) is 9.34. The number of carbonyl (C=O) groups excluding carboxylic acids is 1. The molecule has 0 bridgehead atoms.